The summed E-state index contributed by atoms with van der Waals surface area (Å²) in [5.74, 6) is -0.527. The number of allylic oxidation sites excluding steroid dienone is 2. The molecule has 13 atom stereocenters. The van der Waals surface area contributed by atoms with Crippen molar-refractivity contribution in [2.75, 3.05) is 13.2 Å². The lowest BCUT2D eigenvalue weighted by Gasteiger charge is -2.69. The molecular weight excluding hydrogens is 552 g/mol. The molecule has 0 amide bonds. The molecule has 0 aromatic carbocycles. The van der Waals surface area contributed by atoms with Gasteiger partial charge in [0.25, 0.3) is 0 Å². The van der Waals surface area contributed by atoms with E-state index < -0.39 is 45.4 Å². The molecule has 0 spiro atoms. The largest absolute Gasteiger partial charge is 0.462 e. The molecule has 8 heteroatoms. The Kier molecular flexibility index (Phi) is 9.54. The monoisotopic (exact) mass is 608 g/mol. The summed E-state index contributed by atoms with van der Waals surface area (Å²) in [6.07, 6.45) is 5.25. The average molecular weight is 609 g/mol. The summed E-state index contributed by atoms with van der Waals surface area (Å²) >= 11 is 5.61. The van der Waals surface area contributed by atoms with Crippen LogP contribution in [0.1, 0.15) is 92.9 Å². The Balaban J connectivity index is 1.71. The average Bonchev–Trinajstić information content (AvgIpc) is 2.94. The van der Waals surface area contributed by atoms with Crippen molar-refractivity contribution in [2.24, 2.45) is 45.3 Å². The molecule has 5 N–H and O–H groups in total. The number of carbonyl (C=O) groups is 1. The van der Waals surface area contributed by atoms with Gasteiger partial charge in [0.2, 0.25) is 0 Å². The number of ether oxygens (including phenoxy) is 1. The van der Waals surface area contributed by atoms with Gasteiger partial charge in [0.15, 0.2) is 0 Å². The van der Waals surface area contributed by atoms with Gasteiger partial charge in [-0.25, -0.2) is 4.79 Å². The highest BCUT2D eigenvalue weighted by Gasteiger charge is 2.69. The number of hydrogen-bond donors (Lipinski definition) is 6. The minimum atomic E-state index is -1.20. The van der Waals surface area contributed by atoms with E-state index in [1.807, 2.05) is 19.9 Å². The van der Waals surface area contributed by atoms with Gasteiger partial charge in [0.05, 0.1) is 43.0 Å². The van der Waals surface area contributed by atoms with Gasteiger partial charge in [0.1, 0.15) is 0 Å². The van der Waals surface area contributed by atoms with Crippen LogP contribution in [0.5, 0.6) is 0 Å². The molecule has 3 unspecified atom stereocenters. The zero-order valence-electron chi connectivity index (χ0n) is 26.6. The number of esters is 1. The molecule has 240 valence electrons. The second-order valence-electron chi connectivity index (χ2n) is 15.3. The normalized spacial score (nSPS) is 51.3. The van der Waals surface area contributed by atoms with E-state index in [1.165, 1.54) is 0 Å². The first-order valence-corrected chi connectivity index (χ1v) is 16.4. The summed E-state index contributed by atoms with van der Waals surface area (Å²) < 4.78 is 5.30. The van der Waals surface area contributed by atoms with E-state index >= 15 is 0 Å². The van der Waals surface area contributed by atoms with E-state index in [1.54, 1.807) is 13.0 Å². The highest BCUT2D eigenvalue weighted by atomic mass is 32.1. The predicted molar refractivity (Wildman–Crippen MR) is 167 cm³/mol. The maximum Gasteiger partial charge on any atom is 0.333 e. The van der Waals surface area contributed by atoms with Crippen molar-refractivity contribution in [3.8, 4) is 0 Å². The molecule has 4 saturated carbocycles. The van der Waals surface area contributed by atoms with Gasteiger partial charge in [-0.3, -0.25) is 0 Å². The lowest BCUT2D eigenvalue weighted by molar-refractivity contribution is -0.245. The summed E-state index contributed by atoms with van der Waals surface area (Å²) in [5, 5.41) is 55.7. The first kappa shape index (κ1) is 34.0. The minimum Gasteiger partial charge on any atom is -0.462 e. The quantitative estimate of drug-likeness (QED) is 0.109. The molecule has 7 nitrogen and oxygen atoms in total. The zero-order chi connectivity index (χ0) is 31.5. The van der Waals surface area contributed by atoms with Crippen molar-refractivity contribution in [3.63, 3.8) is 0 Å². The molecule has 0 aliphatic heterocycles. The van der Waals surface area contributed by atoms with Crippen LogP contribution in [-0.4, -0.2) is 73.9 Å². The predicted octanol–water partition coefficient (Wildman–Crippen LogP) is 4.45. The third kappa shape index (κ3) is 4.86. The SMILES string of the molecule is C=CCC1[C@@]2(C)CC[C@H](O)[C@](C)(COC(=O)/C(C)=C/C)C2CC[C@@]1(S)[C@@]1(C)CC2C[C@@H](C)[C@@H](O)[C@H](O)[C@]2(CO)[C@H](O)C1. The first-order chi connectivity index (χ1) is 19.5. The van der Waals surface area contributed by atoms with Crippen molar-refractivity contribution in [3.05, 3.63) is 24.3 Å². The molecule has 0 heterocycles. The van der Waals surface area contributed by atoms with Crippen LogP contribution in [0.15, 0.2) is 24.3 Å². The van der Waals surface area contributed by atoms with E-state index in [0.29, 0.717) is 31.3 Å². The van der Waals surface area contributed by atoms with Crippen molar-refractivity contribution >= 4 is 18.6 Å². The van der Waals surface area contributed by atoms with Gasteiger partial charge in [-0.15, -0.1) is 6.58 Å². The maximum absolute atomic E-state index is 12.6. The molecule has 4 aliphatic carbocycles. The first-order valence-electron chi connectivity index (χ1n) is 16.0. The van der Waals surface area contributed by atoms with Gasteiger partial charge in [-0.05, 0) is 99.7 Å². The zero-order valence-corrected chi connectivity index (χ0v) is 27.4. The molecule has 0 radical (unpaired) electrons. The minimum absolute atomic E-state index is 0.0692. The Hall–Kier alpha value is -0.900. The fourth-order valence-corrected chi connectivity index (χ4v) is 11.2. The lowest BCUT2D eigenvalue weighted by Crippen LogP contribution is -2.70. The Morgan fingerprint density at radius 1 is 1.07 bits per heavy atom. The molecular formula is C34H56O7S. The standard InChI is InChI=1S/C34H56O7S/c1-8-10-24-31(6)13-12-25(36)32(7,19-41-29(40)20(3)9-2)23(31)11-14-34(24,42)30(5)16-22-15-21(4)27(38)28(39)33(22,18-35)26(37)17-30/h8-9,21-28,35-39,42H,1,10-19H2,2-7H3/b20-9+/t21-,22?,23?,24?,25+,26-,27-,28+,30+,31+,32-,33+,34+/m1/s1. The molecule has 0 bridgehead atoms. The molecule has 0 aromatic rings. The van der Waals surface area contributed by atoms with Crippen LogP contribution in [0.4, 0.5) is 0 Å². The van der Waals surface area contributed by atoms with Crippen LogP contribution in [0.25, 0.3) is 0 Å². The van der Waals surface area contributed by atoms with Crippen LogP contribution in [0.2, 0.25) is 0 Å². The van der Waals surface area contributed by atoms with Gasteiger partial charge in [-0.1, -0.05) is 39.8 Å². The smallest absolute Gasteiger partial charge is 0.333 e. The molecule has 4 rings (SSSR count). The van der Waals surface area contributed by atoms with Gasteiger partial charge in [0, 0.05) is 15.7 Å². The summed E-state index contributed by atoms with van der Waals surface area (Å²) in [4.78, 5) is 12.6. The lowest BCUT2D eigenvalue weighted by atomic mass is 9.39. The van der Waals surface area contributed by atoms with Crippen molar-refractivity contribution in [1.29, 1.82) is 0 Å². The Labute approximate surface area is 258 Å². The molecule has 0 aromatic heterocycles. The molecule has 42 heavy (non-hydrogen) atoms. The van der Waals surface area contributed by atoms with E-state index in [0.717, 1.165) is 25.7 Å². The van der Waals surface area contributed by atoms with Crippen molar-refractivity contribution in [2.45, 2.75) is 122 Å². The fourth-order valence-electron chi connectivity index (χ4n) is 10.4. The van der Waals surface area contributed by atoms with Crippen LogP contribution in [0.3, 0.4) is 0 Å². The number of thiol groups is 1. The number of rotatable bonds is 7. The summed E-state index contributed by atoms with van der Waals surface area (Å²) in [5.41, 5.74) is -1.90. The van der Waals surface area contributed by atoms with Crippen LogP contribution >= 0.6 is 12.6 Å². The van der Waals surface area contributed by atoms with Crippen LogP contribution in [-0.2, 0) is 9.53 Å². The van der Waals surface area contributed by atoms with Crippen LogP contribution < -0.4 is 0 Å². The summed E-state index contributed by atoms with van der Waals surface area (Å²) in [6, 6.07) is 0. The third-order valence-corrected chi connectivity index (χ3v) is 14.4. The second-order valence-corrected chi connectivity index (χ2v) is 16.1. The molecule has 4 fully saturated rings. The van der Waals surface area contributed by atoms with E-state index in [-0.39, 0.29) is 48.3 Å². The Morgan fingerprint density at radius 3 is 2.33 bits per heavy atom. The summed E-state index contributed by atoms with van der Waals surface area (Å²) in [6.45, 7) is 15.9. The fraction of sp³-hybridized carbons (Fsp3) is 0.853. The second kappa shape index (κ2) is 11.8. The van der Waals surface area contributed by atoms with Gasteiger partial charge in [-0.2, -0.15) is 12.6 Å². The molecule has 4 aliphatic rings. The maximum atomic E-state index is 12.6. The highest BCUT2D eigenvalue weighted by Crippen LogP contribution is 2.71. The molecule has 0 saturated heterocycles. The number of aliphatic hydroxyl groups excluding tert-OH is 5. The van der Waals surface area contributed by atoms with Crippen LogP contribution in [0, 0.1) is 45.3 Å². The number of carbonyl (C=O) groups excluding carboxylic acids is 1. The van der Waals surface area contributed by atoms with E-state index in [2.05, 4.69) is 27.4 Å². The third-order valence-electron chi connectivity index (χ3n) is 13.3. The van der Waals surface area contributed by atoms with Crippen molar-refractivity contribution < 1.29 is 35.1 Å². The Morgan fingerprint density at radius 2 is 1.74 bits per heavy atom. The summed E-state index contributed by atoms with van der Waals surface area (Å²) in [7, 11) is 0. The van der Waals surface area contributed by atoms with E-state index in [9.17, 15) is 30.3 Å². The number of hydrogen-bond acceptors (Lipinski definition) is 8. The Bertz CT molecular complexity index is 1060. The van der Waals surface area contributed by atoms with Gasteiger partial charge >= 0.3 is 5.97 Å². The van der Waals surface area contributed by atoms with Crippen molar-refractivity contribution in [1.82, 2.24) is 0 Å². The van der Waals surface area contributed by atoms with E-state index in [4.69, 9.17) is 17.4 Å². The highest BCUT2D eigenvalue weighted by molar-refractivity contribution is 7.81. The number of aliphatic hydroxyl groups is 5. The topological polar surface area (TPSA) is 127 Å². The van der Waals surface area contributed by atoms with Gasteiger partial charge < -0.3 is 30.3 Å². The number of fused-ring (bicyclic) bond motifs is 2.